The standard InChI is InChI=1S/C11H5ClFN3S2/c12-9-8-10(15-5-14-9)16(11(17)18-8)7-4-2-1-3-6(7)13/h1-5H. The molecule has 2 aromatic heterocycles. The normalized spacial score (nSPS) is 11.0. The predicted octanol–water partition coefficient (Wildman–Crippen LogP) is 4.00. The topological polar surface area (TPSA) is 30.7 Å². The van der Waals surface area contributed by atoms with Gasteiger partial charge in [0.05, 0.1) is 5.69 Å². The molecular formula is C11H5ClFN3S2. The van der Waals surface area contributed by atoms with Gasteiger partial charge in [-0.05, 0) is 24.4 Å². The second-order valence-electron chi connectivity index (χ2n) is 3.47. The molecule has 0 aliphatic carbocycles. The highest BCUT2D eigenvalue weighted by Gasteiger charge is 2.14. The van der Waals surface area contributed by atoms with Gasteiger partial charge in [0, 0.05) is 0 Å². The molecule has 0 amide bonds. The number of fused-ring (bicyclic) bond motifs is 1. The van der Waals surface area contributed by atoms with Gasteiger partial charge in [-0.25, -0.2) is 14.4 Å². The molecule has 0 spiro atoms. The molecule has 18 heavy (non-hydrogen) atoms. The van der Waals surface area contributed by atoms with Gasteiger partial charge in [0.15, 0.2) is 14.8 Å². The number of aromatic nitrogens is 3. The van der Waals surface area contributed by atoms with Crippen LogP contribution in [-0.2, 0) is 0 Å². The van der Waals surface area contributed by atoms with Crippen LogP contribution in [0.1, 0.15) is 0 Å². The molecule has 3 nitrogen and oxygen atoms in total. The lowest BCUT2D eigenvalue weighted by molar-refractivity contribution is 0.619. The van der Waals surface area contributed by atoms with Gasteiger partial charge in [-0.2, -0.15) is 0 Å². The van der Waals surface area contributed by atoms with Gasteiger partial charge in [-0.3, -0.25) is 4.57 Å². The van der Waals surface area contributed by atoms with Crippen molar-refractivity contribution < 1.29 is 4.39 Å². The third kappa shape index (κ3) is 1.73. The third-order valence-corrected chi connectivity index (χ3v) is 4.19. The van der Waals surface area contributed by atoms with Gasteiger partial charge in [-0.15, -0.1) is 0 Å². The maximum atomic E-state index is 13.8. The number of rotatable bonds is 1. The summed E-state index contributed by atoms with van der Waals surface area (Å²) >= 11 is 12.5. The highest BCUT2D eigenvalue weighted by Crippen LogP contribution is 2.29. The molecule has 0 aliphatic rings. The minimum atomic E-state index is -0.358. The summed E-state index contributed by atoms with van der Waals surface area (Å²) in [5.41, 5.74) is 0.888. The minimum Gasteiger partial charge on any atom is -0.273 e. The highest BCUT2D eigenvalue weighted by molar-refractivity contribution is 7.73. The first kappa shape index (κ1) is 11.7. The summed E-state index contributed by atoms with van der Waals surface area (Å²) < 4.78 is 16.5. The monoisotopic (exact) mass is 297 g/mol. The van der Waals surface area contributed by atoms with Crippen molar-refractivity contribution in [3.63, 3.8) is 0 Å². The molecular weight excluding hydrogens is 293 g/mol. The average molecular weight is 298 g/mol. The van der Waals surface area contributed by atoms with Gasteiger partial charge < -0.3 is 0 Å². The van der Waals surface area contributed by atoms with Crippen molar-refractivity contribution in [3.8, 4) is 5.69 Å². The lowest BCUT2D eigenvalue weighted by atomic mass is 10.3. The number of halogens is 2. The number of benzene rings is 1. The summed E-state index contributed by atoms with van der Waals surface area (Å²) in [6, 6.07) is 6.39. The zero-order valence-corrected chi connectivity index (χ0v) is 11.2. The molecule has 0 atom stereocenters. The van der Waals surface area contributed by atoms with Crippen LogP contribution in [-0.4, -0.2) is 14.5 Å². The van der Waals surface area contributed by atoms with Crippen molar-refractivity contribution in [3.05, 3.63) is 45.5 Å². The second-order valence-corrected chi connectivity index (χ2v) is 5.47. The van der Waals surface area contributed by atoms with Crippen LogP contribution in [0.4, 0.5) is 4.39 Å². The summed E-state index contributed by atoms with van der Waals surface area (Å²) in [5, 5.41) is 0.325. The van der Waals surface area contributed by atoms with E-state index >= 15 is 0 Å². The average Bonchev–Trinajstić information content (AvgIpc) is 2.68. The molecule has 0 N–H and O–H groups in total. The van der Waals surface area contributed by atoms with Gasteiger partial charge in [0.1, 0.15) is 16.8 Å². The van der Waals surface area contributed by atoms with Crippen molar-refractivity contribution in [1.29, 1.82) is 0 Å². The van der Waals surface area contributed by atoms with Crippen LogP contribution >= 0.6 is 35.2 Å². The summed E-state index contributed by atoms with van der Waals surface area (Å²) in [7, 11) is 0. The fraction of sp³-hybridized carbons (Fsp3) is 0. The largest absolute Gasteiger partial charge is 0.273 e. The molecule has 0 saturated heterocycles. The molecule has 90 valence electrons. The number of hydrogen-bond donors (Lipinski definition) is 0. The summed E-state index contributed by atoms with van der Waals surface area (Å²) in [6.45, 7) is 0. The van der Waals surface area contributed by atoms with E-state index in [-0.39, 0.29) is 5.82 Å². The van der Waals surface area contributed by atoms with E-state index in [0.717, 1.165) is 0 Å². The van der Waals surface area contributed by atoms with Crippen LogP contribution < -0.4 is 0 Å². The first-order valence-electron chi connectivity index (χ1n) is 4.95. The zero-order chi connectivity index (χ0) is 12.7. The number of thiazole rings is 1. The minimum absolute atomic E-state index is 0.325. The lowest BCUT2D eigenvalue weighted by Gasteiger charge is -2.04. The van der Waals surface area contributed by atoms with Crippen molar-refractivity contribution in [2.45, 2.75) is 0 Å². The smallest absolute Gasteiger partial charge is 0.168 e. The Morgan fingerprint density at radius 3 is 2.83 bits per heavy atom. The Hall–Kier alpha value is -1.37. The molecule has 0 unspecified atom stereocenters. The maximum Gasteiger partial charge on any atom is 0.168 e. The van der Waals surface area contributed by atoms with Crippen LogP contribution in [0.5, 0.6) is 0 Å². The van der Waals surface area contributed by atoms with E-state index in [1.807, 2.05) is 0 Å². The zero-order valence-electron chi connectivity index (χ0n) is 8.80. The summed E-state index contributed by atoms with van der Waals surface area (Å²) in [4.78, 5) is 8.01. The summed E-state index contributed by atoms with van der Waals surface area (Å²) in [5.74, 6) is -0.358. The maximum absolute atomic E-state index is 13.8. The van der Waals surface area contributed by atoms with E-state index in [1.165, 1.54) is 23.7 Å². The Kier molecular flexibility index (Phi) is 2.85. The highest BCUT2D eigenvalue weighted by atomic mass is 35.5. The fourth-order valence-corrected chi connectivity index (χ4v) is 3.16. The first-order chi connectivity index (χ1) is 8.68. The lowest BCUT2D eigenvalue weighted by Crippen LogP contribution is -1.98. The Balaban J connectivity index is 2.44. The van der Waals surface area contributed by atoms with E-state index in [9.17, 15) is 4.39 Å². The van der Waals surface area contributed by atoms with E-state index in [4.69, 9.17) is 23.8 Å². The van der Waals surface area contributed by atoms with Crippen molar-refractivity contribution >= 4 is 45.5 Å². The van der Waals surface area contributed by atoms with E-state index < -0.39 is 0 Å². The molecule has 0 bridgehead atoms. The van der Waals surface area contributed by atoms with Gasteiger partial charge in [-0.1, -0.05) is 35.1 Å². The van der Waals surface area contributed by atoms with E-state index in [0.29, 0.717) is 25.1 Å². The number of para-hydroxylation sites is 1. The van der Waals surface area contributed by atoms with E-state index in [1.54, 1.807) is 22.8 Å². The Morgan fingerprint density at radius 1 is 1.28 bits per heavy atom. The second kappa shape index (κ2) is 4.38. The molecule has 0 radical (unpaired) electrons. The van der Waals surface area contributed by atoms with Crippen LogP contribution in [0.3, 0.4) is 0 Å². The Labute approximate surface area is 116 Å². The Bertz CT molecular complexity index is 796. The first-order valence-corrected chi connectivity index (χ1v) is 6.55. The van der Waals surface area contributed by atoms with Crippen LogP contribution in [0.25, 0.3) is 16.0 Å². The molecule has 0 aliphatic heterocycles. The molecule has 3 rings (SSSR count). The fourth-order valence-electron chi connectivity index (χ4n) is 1.66. The molecule has 7 heteroatoms. The molecule has 0 fully saturated rings. The van der Waals surface area contributed by atoms with Gasteiger partial charge in [0.2, 0.25) is 0 Å². The summed E-state index contributed by atoms with van der Waals surface area (Å²) in [6.07, 6.45) is 1.34. The van der Waals surface area contributed by atoms with Crippen LogP contribution in [0, 0.1) is 9.77 Å². The molecule has 0 saturated carbocycles. The van der Waals surface area contributed by atoms with Crippen LogP contribution in [0.15, 0.2) is 30.6 Å². The van der Waals surface area contributed by atoms with Gasteiger partial charge >= 0.3 is 0 Å². The molecule has 3 aromatic rings. The van der Waals surface area contributed by atoms with Crippen molar-refractivity contribution in [2.75, 3.05) is 0 Å². The van der Waals surface area contributed by atoms with Crippen molar-refractivity contribution in [2.24, 2.45) is 0 Å². The molecule has 2 heterocycles. The predicted molar refractivity (Wildman–Crippen MR) is 72.5 cm³/mol. The SMILES string of the molecule is Fc1ccccc1-n1c(=S)sc2c(Cl)ncnc21. The van der Waals surface area contributed by atoms with E-state index in [2.05, 4.69) is 9.97 Å². The number of nitrogens with zero attached hydrogens (tertiary/aromatic N) is 3. The third-order valence-electron chi connectivity index (χ3n) is 2.42. The quantitative estimate of drug-likeness (QED) is 0.502. The number of hydrogen-bond acceptors (Lipinski definition) is 4. The van der Waals surface area contributed by atoms with Gasteiger partial charge in [0.25, 0.3) is 0 Å². The Morgan fingerprint density at radius 2 is 2.06 bits per heavy atom. The van der Waals surface area contributed by atoms with Crippen LogP contribution in [0.2, 0.25) is 5.15 Å². The molecule has 1 aromatic carbocycles. The van der Waals surface area contributed by atoms with Crippen molar-refractivity contribution in [1.82, 2.24) is 14.5 Å².